The Kier molecular flexibility index (Phi) is 12.1. The molecule has 16 nitrogen and oxygen atoms in total. The molecule has 52 heavy (non-hydrogen) atoms. The molecule has 2 heterocycles. The van der Waals surface area contributed by atoms with E-state index in [1.807, 2.05) is 0 Å². The number of hydrogen-bond acceptors (Lipinski definition) is 16. The molecule has 8 atom stereocenters. The van der Waals surface area contributed by atoms with Crippen molar-refractivity contribution in [2.75, 3.05) is 26.9 Å². The lowest BCUT2D eigenvalue weighted by atomic mass is 9.98. The van der Waals surface area contributed by atoms with Crippen molar-refractivity contribution in [3.63, 3.8) is 0 Å². The van der Waals surface area contributed by atoms with Gasteiger partial charge < -0.3 is 69.3 Å². The Hall–Kier alpha value is -5.04. The minimum Gasteiger partial charge on any atom is -0.508 e. The standard InChI is InChI=1S/C36H38O16/c1-47-27-14-20(5-12-25(27)40)6-13-29(42)48-17-36(46)18-49-35(33(36)45)52-32-31(44)30(43)28(16-37)51-34(32)50-22-8-2-19(3-9-22)4-11-24(39)23-10-7-21(38)15-26(23)41/h2-15,28,30-35,37-38,40-41,43-46H,16-18H2,1H3/b11-4+,13-6+/t28?,30-,31+,32?,33-,34-,35+,36?/m1/s1. The summed E-state index contributed by atoms with van der Waals surface area (Å²) in [5, 5.41) is 82.2. The number of aliphatic hydroxyl groups excluding tert-OH is 4. The molecule has 0 saturated carbocycles. The van der Waals surface area contributed by atoms with Crippen LogP contribution in [0.5, 0.6) is 28.7 Å². The van der Waals surface area contributed by atoms with Crippen molar-refractivity contribution in [1.82, 2.24) is 0 Å². The van der Waals surface area contributed by atoms with Crippen LogP contribution in [-0.4, -0.2) is 128 Å². The van der Waals surface area contributed by atoms with Crippen molar-refractivity contribution < 1.29 is 78.9 Å². The van der Waals surface area contributed by atoms with Crippen LogP contribution in [0.15, 0.2) is 72.8 Å². The first-order chi connectivity index (χ1) is 24.8. The van der Waals surface area contributed by atoms with E-state index in [9.17, 15) is 50.4 Å². The first kappa shape index (κ1) is 38.2. The summed E-state index contributed by atoms with van der Waals surface area (Å²) in [6.45, 7) is -1.95. The van der Waals surface area contributed by atoms with Gasteiger partial charge in [0.25, 0.3) is 0 Å². The first-order valence-corrected chi connectivity index (χ1v) is 15.8. The number of rotatable bonds is 13. The minimum absolute atomic E-state index is 0.00900. The second-order valence-corrected chi connectivity index (χ2v) is 12.0. The van der Waals surface area contributed by atoms with Crippen LogP contribution in [0.2, 0.25) is 0 Å². The number of allylic oxidation sites excluding steroid dienone is 1. The highest BCUT2D eigenvalue weighted by molar-refractivity contribution is 6.08. The van der Waals surface area contributed by atoms with E-state index in [2.05, 4.69) is 0 Å². The number of esters is 1. The molecule has 0 radical (unpaired) electrons. The number of carbonyl (C=O) groups is 2. The van der Waals surface area contributed by atoms with Crippen LogP contribution in [0, 0.1) is 0 Å². The van der Waals surface area contributed by atoms with Gasteiger partial charge in [0, 0.05) is 12.1 Å². The molecule has 3 aromatic rings. The van der Waals surface area contributed by atoms with E-state index in [1.165, 1.54) is 67.8 Å². The summed E-state index contributed by atoms with van der Waals surface area (Å²) >= 11 is 0. The molecule has 2 saturated heterocycles. The van der Waals surface area contributed by atoms with E-state index < -0.39 is 80.3 Å². The highest BCUT2D eigenvalue weighted by Gasteiger charge is 2.54. The average Bonchev–Trinajstić information content (AvgIpc) is 3.41. The molecule has 2 aliphatic heterocycles. The summed E-state index contributed by atoms with van der Waals surface area (Å²) in [5.41, 5.74) is -1.08. The molecule has 8 N–H and O–H groups in total. The molecular formula is C36H38O16. The minimum atomic E-state index is -2.13. The maximum Gasteiger partial charge on any atom is 0.330 e. The third-order valence-electron chi connectivity index (χ3n) is 8.31. The van der Waals surface area contributed by atoms with Gasteiger partial charge >= 0.3 is 5.97 Å². The van der Waals surface area contributed by atoms with Crippen molar-refractivity contribution >= 4 is 23.9 Å². The van der Waals surface area contributed by atoms with E-state index >= 15 is 0 Å². The van der Waals surface area contributed by atoms with E-state index in [-0.39, 0.29) is 34.3 Å². The number of aliphatic hydroxyl groups is 5. The van der Waals surface area contributed by atoms with Gasteiger partial charge in [0.05, 0.1) is 25.9 Å². The molecule has 5 rings (SSSR count). The number of benzene rings is 3. The Labute approximate surface area is 296 Å². The number of aromatic hydroxyl groups is 3. The Balaban J connectivity index is 1.21. The molecule has 278 valence electrons. The highest BCUT2D eigenvalue weighted by atomic mass is 16.8. The van der Waals surface area contributed by atoms with Crippen LogP contribution in [0.25, 0.3) is 12.2 Å². The van der Waals surface area contributed by atoms with Gasteiger partial charge in [0.2, 0.25) is 6.29 Å². The molecule has 0 amide bonds. The third kappa shape index (κ3) is 8.87. The topological polar surface area (TPSA) is 251 Å². The molecular weight excluding hydrogens is 688 g/mol. The van der Waals surface area contributed by atoms with Crippen LogP contribution in [0.1, 0.15) is 21.5 Å². The Morgan fingerprint density at radius 1 is 0.885 bits per heavy atom. The predicted octanol–water partition coefficient (Wildman–Crippen LogP) is 0.616. The van der Waals surface area contributed by atoms with E-state index in [0.717, 1.165) is 12.1 Å². The van der Waals surface area contributed by atoms with Gasteiger partial charge in [-0.05, 0) is 59.7 Å². The number of methoxy groups -OCH3 is 1. The van der Waals surface area contributed by atoms with Gasteiger partial charge in [-0.3, -0.25) is 4.79 Å². The van der Waals surface area contributed by atoms with Crippen LogP contribution in [-0.2, 0) is 23.7 Å². The molecule has 0 bridgehead atoms. The summed E-state index contributed by atoms with van der Waals surface area (Å²) in [7, 11) is 1.37. The quantitative estimate of drug-likeness (QED) is 0.0683. The molecule has 0 spiro atoms. The van der Waals surface area contributed by atoms with Crippen molar-refractivity contribution in [2.45, 2.75) is 48.7 Å². The van der Waals surface area contributed by atoms with Crippen molar-refractivity contribution in [2.24, 2.45) is 0 Å². The fourth-order valence-electron chi connectivity index (χ4n) is 5.34. The number of hydrogen-bond donors (Lipinski definition) is 8. The lowest BCUT2D eigenvalue weighted by Crippen LogP contribution is -2.62. The second kappa shape index (κ2) is 16.5. The monoisotopic (exact) mass is 726 g/mol. The lowest BCUT2D eigenvalue weighted by Gasteiger charge is -2.42. The molecule has 0 aromatic heterocycles. The van der Waals surface area contributed by atoms with Crippen LogP contribution < -0.4 is 9.47 Å². The number of phenolic OH excluding ortho intramolecular Hbond substituents is 3. The largest absolute Gasteiger partial charge is 0.508 e. The number of ketones is 1. The summed E-state index contributed by atoms with van der Waals surface area (Å²) in [6, 6.07) is 14.1. The predicted molar refractivity (Wildman–Crippen MR) is 178 cm³/mol. The van der Waals surface area contributed by atoms with E-state index in [0.29, 0.717) is 11.1 Å². The Morgan fingerprint density at radius 3 is 2.29 bits per heavy atom. The summed E-state index contributed by atoms with van der Waals surface area (Å²) < 4.78 is 32.9. The van der Waals surface area contributed by atoms with Gasteiger partial charge in [0.1, 0.15) is 48.3 Å². The average molecular weight is 727 g/mol. The van der Waals surface area contributed by atoms with Gasteiger partial charge in [-0.2, -0.15) is 0 Å². The molecule has 3 unspecified atom stereocenters. The molecule has 2 aliphatic rings. The zero-order valence-electron chi connectivity index (χ0n) is 27.6. The second-order valence-electron chi connectivity index (χ2n) is 12.0. The fraction of sp³-hybridized carbons (Fsp3) is 0.333. The van der Waals surface area contributed by atoms with Crippen molar-refractivity contribution in [1.29, 1.82) is 0 Å². The van der Waals surface area contributed by atoms with Crippen LogP contribution in [0.3, 0.4) is 0 Å². The van der Waals surface area contributed by atoms with Gasteiger partial charge in [0.15, 0.2) is 35.3 Å². The summed E-state index contributed by atoms with van der Waals surface area (Å²) in [4.78, 5) is 24.8. The zero-order valence-corrected chi connectivity index (χ0v) is 27.6. The maximum atomic E-state index is 12.5. The third-order valence-corrected chi connectivity index (χ3v) is 8.31. The maximum absolute atomic E-state index is 12.5. The van der Waals surface area contributed by atoms with Crippen LogP contribution >= 0.6 is 0 Å². The number of phenols is 3. The fourth-order valence-corrected chi connectivity index (χ4v) is 5.34. The van der Waals surface area contributed by atoms with Gasteiger partial charge in [-0.15, -0.1) is 0 Å². The van der Waals surface area contributed by atoms with E-state index in [4.69, 9.17) is 28.4 Å². The van der Waals surface area contributed by atoms with Crippen molar-refractivity contribution in [3.8, 4) is 28.7 Å². The van der Waals surface area contributed by atoms with Gasteiger partial charge in [-0.1, -0.05) is 24.3 Å². The highest BCUT2D eigenvalue weighted by Crippen LogP contribution is 2.33. The molecule has 3 aromatic carbocycles. The van der Waals surface area contributed by atoms with E-state index in [1.54, 1.807) is 12.1 Å². The molecule has 0 aliphatic carbocycles. The normalized spacial score (nSPS) is 27.5. The lowest BCUT2D eigenvalue weighted by molar-refractivity contribution is -0.318. The Bertz CT molecular complexity index is 1770. The number of carbonyl (C=O) groups excluding carboxylic acids is 2. The SMILES string of the molecule is COc1cc(/C=C/C(=O)OCC2(O)CO[C@@H](OC3[C@H](Oc4ccc(/C=C/C(=O)c5ccc(O)cc5O)cc4)OC(CO)[C@@H](O)[C@@H]3O)[C@H]2O)ccc1O. The molecule has 2 fully saturated rings. The van der Waals surface area contributed by atoms with Crippen LogP contribution in [0.4, 0.5) is 0 Å². The Morgan fingerprint density at radius 2 is 1.60 bits per heavy atom. The van der Waals surface area contributed by atoms with Gasteiger partial charge in [-0.25, -0.2) is 4.79 Å². The molecule has 16 heteroatoms. The zero-order chi connectivity index (χ0) is 37.6. The summed E-state index contributed by atoms with van der Waals surface area (Å²) in [6.07, 6.45) is -5.97. The van der Waals surface area contributed by atoms with Crippen molar-refractivity contribution in [3.05, 3.63) is 89.5 Å². The smallest absolute Gasteiger partial charge is 0.330 e. The number of ether oxygens (including phenoxy) is 6. The summed E-state index contributed by atoms with van der Waals surface area (Å²) in [5.74, 6) is -1.68. The first-order valence-electron chi connectivity index (χ1n) is 15.8.